The standard InChI is InChI=1S/C30H21BrN2O4S/c31-22-10-6-21(7-11-22)19-36-24-14-8-20(9-15-24)18-27-28(34)32-30(38)33(29(27)35)23-12-16-26(17-13-23)37-25-4-2-1-3-5-25/h1-18H,19H2,(H,32,34,38). The second-order valence-corrected chi connectivity index (χ2v) is 9.65. The molecule has 0 aromatic heterocycles. The molecule has 0 radical (unpaired) electrons. The number of nitrogens with one attached hydrogen (secondary N) is 1. The quantitative estimate of drug-likeness (QED) is 0.150. The molecule has 0 aliphatic carbocycles. The fourth-order valence-corrected chi connectivity index (χ4v) is 4.30. The molecule has 1 aliphatic rings. The van der Waals surface area contributed by atoms with Gasteiger partial charge in [-0.15, -0.1) is 0 Å². The molecule has 2 amide bonds. The Balaban J connectivity index is 1.29. The van der Waals surface area contributed by atoms with Crippen LogP contribution < -0.4 is 19.7 Å². The highest BCUT2D eigenvalue weighted by Crippen LogP contribution is 2.27. The number of hydrogen-bond acceptors (Lipinski definition) is 5. The molecule has 4 aromatic rings. The van der Waals surface area contributed by atoms with Gasteiger partial charge in [-0.2, -0.15) is 0 Å². The van der Waals surface area contributed by atoms with Crippen LogP contribution in [0.2, 0.25) is 0 Å². The molecule has 0 saturated carbocycles. The molecule has 0 unspecified atom stereocenters. The maximum Gasteiger partial charge on any atom is 0.270 e. The third-order valence-corrected chi connectivity index (χ3v) is 6.50. The molecular weight excluding hydrogens is 564 g/mol. The molecule has 0 spiro atoms. The number of halogens is 1. The van der Waals surface area contributed by atoms with Gasteiger partial charge in [0.2, 0.25) is 0 Å². The van der Waals surface area contributed by atoms with Crippen LogP contribution in [-0.2, 0) is 16.2 Å². The summed E-state index contributed by atoms with van der Waals surface area (Å²) in [6.45, 7) is 0.427. The van der Waals surface area contributed by atoms with Gasteiger partial charge in [-0.25, -0.2) is 0 Å². The number of thiocarbonyl (C=S) groups is 1. The Morgan fingerprint density at radius 2 is 1.42 bits per heavy atom. The summed E-state index contributed by atoms with van der Waals surface area (Å²) >= 11 is 8.73. The Morgan fingerprint density at radius 1 is 0.789 bits per heavy atom. The average molecular weight is 585 g/mol. The smallest absolute Gasteiger partial charge is 0.270 e. The highest BCUT2D eigenvalue weighted by molar-refractivity contribution is 9.10. The molecule has 1 fully saturated rings. The number of benzene rings is 4. The van der Waals surface area contributed by atoms with Gasteiger partial charge in [0.1, 0.15) is 29.4 Å². The first-order valence-electron chi connectivity index (χ1n) is 11.7. The van der Waals surface area contributed by atoms with Gasteiger partial charge in [-0.05, 0) is 90.1 Å². The van der Waals surface area contributed by atoms with Gasteiger partial charge < -0.3 is 9.47 Å². The lowest BCUT2D eigenvalue weighted by Crippen LogP contribution is -2.54. The van der Waals surface area contributed by atoms with Crippen molar-refractivity contribution >= 4 is 56.8 Å². The number of para-hydroxylation sites is 1. The molecule has 0 atom stereocenters. The Morgan fingerprint density at radius 3 is 2.11 bits per heavy atom. The van der Waals surface area contributed by atoms with Crippen molar-refractivity contribution < 1.29 is 19.1 Å². The van der Waals surface area contributed by atoms with E-state index in [1.165, 1.54) is 11.0 Å². The van der Waals surface area contributed by atoms with Crippen LogP contribution in [0.5, 0.6) is 17.2 Å². The van der Waals surface area contributed by atoms with Crippen molar-refractivity contribution in [3.8, 4) is 17.2 Å². The Hall–Kier alpha value is -4.27. The summed E-state index contributed by atoms with van der Waals surface area (Å²) in [5.41, 5.74) is 2.22. The monoisotopic (exact) mass is 584 g/mol. The van der Waals surface area contributed by atoms with E-state index in [4.69, 9.17) is 21.7 Å². The third kappa shape index (κ3) is 5.99. The predicted molar refractivity (Wildman–Crippen MR) is 154 cm³/mol. The highest BCUT2D eigenvalue weighted by Gasteiger charge is 2.34. The van der Waals surface area contributed by atoms with E-state index < -0.39 is 11.8 Å². The molecular formula is C30H21BrN2O4S. The minimum absolute atomic E-state index is 0.0190. The second-order valence-electron chi connectivity index (χ2n) is 8.35. The number of hydrogen-bond donors (Lipinski definition) is 1. The molecule has 1 heterocycles. The Kier molecular flexibility index (Phi) is 7.62. The van der Waals surface area contributed by atoms with E-state index in [1.54, 1.807) is 48.5 Å². The fourth-order valence-electron chi connectivity index (χ4n) is 3.75. The number of carbonyl (C=O) groups is 2. The highest BCUT2D eigenvalue weighted by atomic mass is 79.9. The zero-order valence-corrected chi connectivity index (χ0v) is 22.4. The van der Waals surface area contributed by atoms with E-state index in [0.717, 1.165) is 10.0 Å². The van der Waals surface area contributed by atoms with Crippen LogP contribution in [0.25, 0.3) is 6.08 Å². The van der Waals surface area contributed by atoms with Gasteiger partial charge in [-0.3, -0.25) is 19.8 Å². The Labute approximate surface area is 233 Å². The van der Waals surface area contributed by atoms with E-state index in [2.05, 4.69) is 21.2 Å². The number of ether oxygens (including phenoxy) is 2. The van der Waals surface area contributed by atoms with Gasteiger partial charge >= 0.3 is 0 Å². The topological polar surface area (TPSA) is 67.9 Å². The maximum atomic E-state index is 13.3. The van der Waals surface area contributed by atoms with E-state index in [9.17, 15) is 9.59 Å². The van der Waals surface area contributed by atoms with Crippen LogP contribution in [0.1, 0.15) is 11.1 Å². The van der Waals surface area contributed by atoms with Crippen molar-refractivity contribution in [2.24, 2.45) is 0 Å². The second kappa shape index (κ2) is 11.4. The minimum atomic E-state index is -0.546. The molecule has 1 N–H and O–H groups in total. The summed E-state index contributed by atoms with van der Waals surface area (Å²) in [6.07, 6.45) is 1.54. The van der Waals surface area contributed by atoms with Gasteiger partial charge in [-0.1, -0.05) is 58.4 Å². The first kappa shape index (κ1) is 25.4. The summed E-state index contributed by atoms with van der Waals surface area (Å²) in [5.74, 6) is 0.932. The van der Waals surface area contributed by atoms with Gasteiger partial charge in [0.25, 0.3) is 11.8 Å². The third-order valence-electron chi connectivity index (χ3n) is 5.69. The van der Waals surface area contributed by atoms with Crippen molar-refractivity contribution in [3.63, 3.8) is 0 Å². The summed E-state index contributed by atoms with van der Waals surface area (Å²) in [5, 5.41) is 2.63. The predicted octanol–water partition coefficient (Wildman–Crippen LogP) is 6.65. The first-order chi connectivity index (χ1) is 18.5. The maximum absolute atomic E-state index is 13.3. The van der Waals surface area contributed by atoms with Crippen LogP contribution in [0.3, 0.4) is 0 Å². The molecule has 8 heteroatoms. The first-order valence-corrected chi connectivity index (χ1v) is 12.9. The normalized spacial score (nSPS) is 14.4. The lowest BCUT2D eigenvalue weighted by atomic mass is 10.1. The number of amides is 2. The fraction of sp³-hybridized carbons (Fsp3) is 0.0333. The largest absolute Gasteiger partial charge is 0.489 e. The number of rotatable bonds is 7. The van der Waals surface area contributed by atoms with Crippen LogP contribution in [0.4, 0.5) is 5.69 Å². The molecule has 5 rings (SSSR count). The number of carbonyl (C=O) groups excluding carboxylic acids is 2. The number of nitrogens with zero attached hydrogens (tertiary/aromatic N) is 1. The minimum Gasteiger partial charge on any atom is -0.489 e. The van der Waals surface area contributed by atoms with E-state index >= 15 is 0 Å². The molecule has 38 heavy (non-hydrogen) atoms. The van der Waals surface area contributed by atoms with Gasteiger partial charge in [0.05, 0.1) is 5.69 Å². The van der Waals surface area contributed by atoms with Crippen molar-refractivity contribution in [2.45, 2.75) is 6.61 Å². The molecule has 4 aromatic carbocycles. The average Bonchev–Trinajstić information content (AvgIpc) is 2.93. The van der Waals surface area contributed by atoms with Crippen LogP contribution in [0.15, 0.2) is 113 Å². The van der Waals surface area contributed by atoms with Crippen molar-refractivity contribution in [1.82, 2.24) is 5.32 Å². The summed E-state index contributed by atoms with van der Waals surface area (Å²) in [7, 11) is 0. The van der Waals surface area contributed by atoms with Crippen LogP contribution in [0, 0.1) is 0 Å². The van der Waals surface area contributed by atoms with E-state index in [1.807, 2.05) is 54.6 Å². The van der Waals surface area contributed by atoms with Crippen molar-refractivity contribution in [1.29, 1.82) is 0 Å². The summed E-state index contributed by atoms with van der Waals surface area (Å²) in [6, 6.07) is 31.4. The van der Waals surface area contributed by atoms with E-state index in [-0.39, 0.29) is 10.7 Å². The summed E-state index contributed by atoms with van der Waals surface area (Å²) < 4.78 is 12.7. The zero-order valence-electron chi connectivity index (χ0n) is 20.0. The number of anilines is 1. The van der Waals surface area contributed by atoms with Crippen molar-refractivity contribution in [2.75, 3.05) is 4.90 Å². The lowest BCUT2D eigenvalue weighted by Gasteiger charge is -2.29. The molecule has 1 saturated heterocycles. The van der Waals surface area contributed by atoms with Gasteiger partial charge in [0.15, 0.2) is 5.11 Å². The lowest BCUT2D eigenvalue weighted by molar-refractivity contribution is -0.122. The molecule has 188 valence electrons. The molecule has 1 aliphatic heterocycles. The SMILES string of the molecule is O=C1NC(=S)N(c2ccc(Oc3ccccc3)cc2)C(=O)C1=Cc1ccc(OCc2ccc(Br)cc2)cc1. The van der Waals surface area contributed by atoms with Gasteiger partial charge in [0, 0.05) is 4.47 Å². The van der Waals surface area contributed by atoms with Crippen molar-refractivity contribution in [3.05, 3.63) is 124 Å². The van der Waals surface area contributed by atoms with Crippen LogP contribution >= 0.6 is 28.1 Å². The van der Waals surface area contributed by atoms with Crippen LogP contribution in [-0.4, -0.2) is 16.9 Å². The Bertz CT molecular complexity index is 1500. The summed E-state index contributed by atoms with van der Waals surface area (Å²) in [4.78, 5) is 27.3. The zero-order chi connectivity index (χ0) is 26.5. The van der Waals surface area contributed by atoms with E-state index in [0.29, 0.717) is 35.1 Å². The molecule has 6 nitrogen and oxygen atoms in total. The molecule has 0 bridgehead atoms.